The molecular weight excluding hydrogens is 731 g/mol. The third-order valence-corrected chi connectivity index (χ3v) is 13.5. The summed E-state index contributed by atoms with van der Waals surface area (Å²) in [7, 11) is 0. The topological polar surface area (TPSA) is 3.24 Å². The first-order valence-electron chi connectivity index (χ1n) is 20.4. The van der Waals surface area contributed by atoms with E-state index in [4.69, 9.17) is 0 Å². The molecule has 0 saturated heterocycles. The number of rotatable bonds is 7. The maximum atomic E-state index is 2.42. The van der Waals surface area contributed by atoms with Crippen molar-refractivity contribution in [1.29, 1.82) is 0 Å². The zero-order valence-electron chi connectivity index (χ0n) is 33.1. The number of hydrogen-bond acceptors (Lipinski definition) is 2. The molecule has 0 fully saturated rings. The van der Waals surface area contributed by atoms with Crippen LogP contribution in [0.25, 0.3) is 75.8 Å². The quantitative estimate of drug-likeness (QED) is 0.156. The molecule has 1 aliphatic rings. The number of benzene rings is 9. The van der Waals surface area contributed by atoms with Crippen molar-refractivity contribution in [1.82, 2.24) is 0 Å². The van der Waals surface area contributed by atoms with Crippen LogP contribution in [0.3, 0.4) is 0 Å². The van der Waals surface area contributed by atoms with E-state index in [0.717, 1.165) is 17.1 Å². The molecule has 0 radical (unpaired) electrons. The standard InChI is InChI=1S/C57H41NS/c1-57(2)52-23-13-11-21-48(52)49-34-33-44(37-53(49)57)58(42-29-25-39(26-30-42)46-20-10-9-19-45(46)38-15-5-3-6-16-38)43-31-27-40(28-32-43)47-35-36-51-50-22-12-14-24-54(50)59-56(51)55(47)41-17-7-4-8-18-41/h3-37H,1-2H3. The maximum Gasteiger partial charge on any atom is 0.0465 e. The third-order valence-electron chi connectivity index (χ3n) is 12.3. The van der Waals surface area contributed by atoms with Crippen molar-refractivity contribution in [3.05, 3.63) is 223 Å². The molecule has 2 heteroatoms. The Labute approximate surface area is 350 Å². The van der Waals surface area contributed by atoms with Crippen LogP contribution in [0.15, 0.2) is 212 Å². The summed E-state index contributed by atoms with van der Waals surface area (Å²) in [4.78, 5) is 2.42. The first-order chi connectivity index (χ1) is 29.0. The predicted molar refractivity (Wildman–Crippen MR) is 253 cm³/mol. The van der Waals surface area contributed by atoms with Gasteiger partial charge in [-0.2, -0.15) is 0 Å². The van der Waals surface area contributed by atoms with Crippen molar-refractivity contribution in [3.63, 3.8) is 0 Å². The highest BCUT2D eigenvalue weighted by atomic mass is 32.1. The SMILES string of the molecule is CC1(C)c2ccccc2-c2ccc(N(c3ccc(-c4ccccc4-c4ccccc4)cc3)c3ccc(-c4ccc5c(sc6ccccc65)c4-c4ccccc4)cc3)cc21. The lowest BCUT2D eigenvalue weighted by molar-refractivity contribution is 0.660. The summed E-state index contributed by atoms with van der Waals surface area (Å²) < 4.78 is 2.65. The van der Waals surface area contributed by atoms with Crippen LogP contribution in [0.5, 0.6) is 0 Å². The minimum Gasteiger partial charge on any atom is -0.310 e. The Morgan fingerprint density at radius 2 is 0.847 bits per heavy atom. The zero-order chi connectivity index (χ0) is 39.5. The fourth-order valence-corrected chi connectivity index (χ4v) is 10.7. The average Bonchev–Trinajstić information content (AvgIpc) is 3.79. The van der Waals surface area contributed by atoms with Gasteiger partial charge in [0.1, 0.15) is 0 Å². The maximum absolute atomic E-state index is 2.42. The van der Waals surface area contributed by atoms with Crippen molar-refractivity contribution in [2.24, 2.45) is 0 Å². The Kier molecular flexibility index (Phi) is 8.43. The highest BCUT2D eigenvalue weighted by molar-refractivity contribution is 7.26. The van der Waals surface area contributed by atoms with E-state index in [1.165, 1.54) is 86.9 Å². The molecule has 0 N–H and O–H groups in total. The predicted octanol–water partition coefficient (Wildman–Crippen LogP) is 16.5. The fourth-order valence-electron chi connectivity index (χ4n) is 9.38. The van der Waals surface area contributed by atoms with Crippen molar-refractivity contribution >= 4 is 48.6 Å². The van der Waals surface area contributed by atoms with Crippen molar-refractivity contribution in [2.75, 3.05) is 4.90 Å². The van der Waals surface area contributed by atoms with Crippen LogP contribution in [0.2, 0.25) is 0 Å². The molecule has 0 amide bonds. The molecule has 9 aromatic carbocycles. The van der Waals surface area contributed by atoms with E-state index in [-0.39, 0.29) is 5.41 Å². The number of thiophene rings is 1. The van der Waals surface area contributed by atoms with Gasteiger partial charge >= 0.3 is 0 Å². The Morgan fingerprint density at radius 3 is 1.53 bits per heavy atom. The van der Waals surface area contributed by atoms with E-state index in [2.05, 4.69) is 231 Å². The number of nitrogens with zero attached hydrogens (tertiary/aromatic N) is 1. The summed E-state index contributed by atoms with van der Waals surface area (Å²) in [6, 6.07) is 77.9. The van der Waals surface area contributed by atoms with E-state index >= 15 is 0 Å². The molecule has 280 valence electrons. The molecule has 1 aromatic heterocycles. The monoisotopic (exact) mass is 771 g/mol. The van der Waals surface area contributed by atoms with Gasteiger partial charge in [0.25, 0.3) is 0 Å². The number of fused-ring (bicyclic) bond motifs is 6. The molecule has 1 nitrogen and oxygen atoms in total. The molecule has 1 aliphatic carbocycles. The van der Waals surface area contributed by atoms with Crippen LogP contribution in [0, 0.1) is 0 Å². The molecule has 0 saturated carbocycles. The van der Waals surface area contributed by atoms with Gasteiger partial charge in [-0.1, -0.05) is 184 Å². The summed E-state index contributed by atoms with van der Waals surface area (Å²) in [6.07, 6.45) is 0. The average molecular weight is 772 g/mol. The summed E-state index contributed by atoms with van der Waals surface area (Å²) in [6.45, 7) is 4.72. The van der Waals surface area contributed by atoms with E-state index in [0.29, 0.717) is 0 Å². The van der Waals surface area contributed by atoms with E-state index < -0.39 is 0 Å². The molecule has 10 aromatic rings. The van der Waals surface area contributed by atoms with Gasteiger partial charge in [-0.3, -0.25) is 0 Å². The Hall–Kier alpha value is -7.00. The van der Waals surface area contributed by atoms with Gasteiger partial charge < -0.3 is 4.90 Å². The summed E-state index contributed by atoms with van der Waals surface area (Å²) >= 11 is 1.89. The fraction of sp³-hybridized carbons (Fsp3) is 0.0526. The normalized spacial score (nSPS) is 12.7. The second-order valence-corrected chi connectivity index (χ2v) is 17.1. The lowest BCUT2D eigenvalue weighted by Gasteiger charge is -2.28. The van der Waals surface area contributed by atoms with Gasteiger partial charge in [-0.05, 0) is 104 Å². The highest BCUT2D eigenvalue weighted by Gasteiger charge is 2.35. The lowest BCUT2D eigenvalue weighted by Crippen LogP contribution is -2.16. The highest BCUT2D eigenvalue weighted by Crippen LogP contribution is 2.51. The molecule has 0 atom stereocenters. The molecule has 11 rings (SSSR count). The van der Waals surface area contributed by atoms with E-state index in [1.807, 2.05) is 11.3 Å². The molecule has 59 heavy (non-hydrogen) atoms. The minimum absolute atomic E-state index is 0.110. The molecule has 0 bridgehead atoms. The van der Waals surface area contributed by atoms with Crippen LogP contribution in [-0.4, -0.2) is 0 Å². The molecule has 0 spiro atoms. The Morgan fingerprint density at radius 1 is 0.356 bits per heavy atom. The van der Waals surface area contributed by atoms with E-state index in [1.54, 1.807) is 0 Å². The first-order valence-corrected chi connectivity index (χ1v) is 21.2. The van der Waals surface area contributed by atoms with Crippen LogP contribution in [-0.2, 0) is 5.41 Å². The van der Waals surface area contributed by atoms with E-state index in [9.17, 15) is 0 Å². The number of hydrogen-bond donors (Lipinski definition) is 0. The largest absolute Gasteiger partial charge is 0.310 e. The van der Waals surface area contributed by atoms with Crippen molar-refractivity contribution in [3.8, 4) is 55.6 Å². The van der Waals surface area contributed by atoms with Gasteiger partial charge in [0.2, 0.25) is 0 Å². The van der Waals surface area contributed by atoms with Gasteiger partial charge in [0.15, 0.2) is 0 Å². The molecule has 1 heterocycles. The first kappa shape index (κ1) is 35.2. The van der Waals surface area contributed by atoms with Gasteiger partial charge in [-0.15, -0.1) is 11.3 Å². The van der Waals surface area contributed by atoms with Crippen LogP contribution in [0.4, 0.5) is 17.1 Å². The van der Waals surface area contributed by atoms with Gasteiger partial charge in [0, 0.05) is 48.2 Å². The molecular formula is C57H41NS. The Balaban J connectivity index is 1.04. The second-order valence-electron chi connectivity index (χ2n) is 16.1. The summed E-state index contributed by atoms with van der Waals surface area (Å²) in [5.74, 6) is 0. The van der Waals surface area contributed by atoms with Gasteiger partial charge in [-0.25, -0.2) is 0 Å². The van der Waals surface area contributed by atoms with Gasteiger partial charge in [0.05, 0.1) is 0 Å². The zero-order valence-corrected chi connectivity index (χ0v) is 33.9. The minimum atomic E-state index is -0.110. The number of anilines is 3. The van der Waals surface area contributed by atoms with Crippen LogP contribution in [0.1, 0.15) is 25.0 Å². The summed E-state index contributed by atoms with van der Waals surface area (Å²) in [5, 5.41) is 2.63. The van der Waals surface area contributed by atoms with Crippen molar-refractivity contribution < 1.29 is 0 Å². The second kappa shape index (κ2) is 14.1. The molecule has 0 unspecified atom stereocenters. The summed E-state index contributed by atoms with van der Waals surface area (Å²) in [5.41, 5.74) is 18.5. The smallest absolute Gasteiger partial charge is 0.0465 e. The van der Waals surface area contributed by atoms with Crippen molar-refractivity contribution in [2.45, 2.75) is 19.3 Å². The van der Waals surface area contributed by atoms with Crippen LogP contribution >= 0.6 is 11.3 Å². The third kappa shape index (κ3) is 5.91. The van der Waals surface area contributed by atoms with Crippen LogP contribution < -0.4 is 4.90 Å². The Bertz CT molecular complexity index is 3160. The lowest BCUT2D eigenvalue weighted by atomic mass is 9.82. The molecule has 0 aliphatic heterocycles.